The highest BCUT2D eigenvalue weighted by atomic mass is 79.9. The molecule has 1 N–H and O–H groups in total. The molecule has 0 unspecified atom stereocenters. The van der Waals surface area contributed by atoms with E-state index in [1.54, 1.807) is 13.1 Å². The van der Waals surface area contributed by atoms with E-state index < -0.39 is 0 Å². The van der Waals surface area contributed by atoms with E-state index in [1.165, 1.54) is 0 Å². The fourth-order valence-corrected chi connectivity index (χ4v) is 2.35. The van der Waals surface area contributed by atoms with Crippen LogP contribution in [-0.4, -0.2) is 10.8 Å². The highest BCUT2D eigenvalue weighted by Crippen LogP contribution is 2.22. The van der Waals surface area contributed by atoms with Crippen LogP contribution in [0.3, 0.4) is 0 Å². The van der Waals surface area contributed by atoms with Gasteiger partial charge in [-0.15, -0.1) is 12.6 Å². The Hall–Kier alpha value is -1.52. The molecule has 0 bridgehead atoms. The fourth-order valence-electron chi connectivity index (χ4n) is 1.81. The third kappa shape index (κ3) is 3.74. The summed E-state index contributed by atoms with van der Waals surface area (Å²) < 4.78 is 0.988. The first-order valence-electron chi connectivity index (χ1n) is 6.09. The SMILES string of the molecule is CC(=O)c1c[nH]c2ccc(Br)cc12.Sc1ccccc1. The predicted octanol–water partition coefficient (Wildman–Crippen LogP) is 5.11. The van der Waals surface area contributed by atoms with Gasteiger partial charge in [-0.05, 0) is 37.3 Å². The number of halogens is 1. The molecule has 0 aliphatic carbocycles. The average Bonchev–Trinajstić information content (AvgIpc) is 2.83. The number of aromatic amines is 1. The second kappa shape index (κ2) is 6.77. The highest BCUT2D eigenvalue weighted by molar-refractivity contribution is 9.10. The zero-order valence-corrected chi connectivity index (χ0v) is 13.4. The summed E-state index contributed by atoms with van der Waals surface area (Å²) in [5.41, 5.74) is 1.74. The number of fused-ring (bicyclic) bond motifs is 1. The number of H-pyrrole nitrogens is 1. The lowest BCUT2D eigenvalue weighted by atomic mass is 10.1. The normalized spacial score (nSPS) is 9.95. The van der Waals surface area contributed by atoms with Gasteiger partial charge >= 0.3 is 0 Å². The first-order chi connectivity index (χ1) is 9.58. The molecule has 1 aromatic heterocycles. The number of hydrogen-bond acceptors (Lipinski definition) is 2. The van der Waals surface area contributed by atoms with E-state index in [0.29, 0.717) is 0 Å². The quantitative estimate of drug-likeness (QED) is 0.465. The molecule has 3 rings (SSSR count). The van der Waals surface area contributed by atoms with Crippen molar-refractivity contribution >= 4 is 45.2 Å². The summed E-state index contributed by atoms with van der Waals surface area (Å²) in [6.07, 6.45) is 1.75. The number of carbonyl (C=O) groups excluding carboxylic acids is 1. The largest absolute Gasteiger partial charge is 0.360 e. The summed E-state index contributed by atoms with van der Waals surface area (Å²) in [5, 5.41) is 0.974. The minimum atomic E-state index is 0.0874. The van der Waals surface area contributed by atoms with Crippen molar-refractivity contribution in [3.8, 4) is 0 Å². The lowest BCUT2D eigenvalue weighted by Gasteiger charge is -1.93. The van der Waals surface area contributed by atoms with Crippen molar-refractivity contribution in [3.63, 3.8) is 0 Å². The minimum absolute atomic E-state index is 0.0874. The summed E-state index contributed by atoms with van der Waals surface area (Å²) >= 11 is 7.46. The Morgan fingerprint density at radius 3 is 2.40 bits per heavy atom. The summed E-state index contributed by atoms with van der Waals surface area (Å²) in [7, 11) is 0. The van der Waals surface area contributed by atoms with E-state index in [9.17, 15) is 4.79 Å². The van der Waals surface area contributed by atoms with Gasteiger partial charge in [0.05, 0.1) is 0 Å². The molecule has 0 saturated carbocycles. The number of thiol groups is 1. The van der Waals surface area contributed by atoms with Gasteiger partial charge in [-0.3, -0.25) is 4.79 Å². The van der Waals surface area contributed by atoms with E-state index in [-0.39, 0.29) is 5.78 Å². The van der Waals surface area contributed by atoms with Crippen molar-refractivity contribution in [2.24, 2.45) is 0 Å². The third-order valence-corrected chi connectivity index (χ3v) is 3.57. The molecule has 3 aromatic rings. The zero-order valence-electron chi connectivity index (χ0n) is 10.9. The summed E-state index contributed by atoms with van der Waals surface area (Å²) in [6.45, 7) is 1.57. The van der Waals surface area contributed by atoms with Crippen molar-refractivity contribution in [1.82, 2.24) is 4.98 Å². The number of hydrogen-bond donors (Lipinski definition) is 2. The molecule has 102 valence electrons. The van der Waals surface area contributed by atoms with Crippen molar-refractivity contribution in [2.45, 2.75) is 11.8 Å². The molecule has 2 nitrogen and oxygen atoms in total. The van der Waals surface area contributed by atoms with Gasteiger partial charge in [-0.25, -0.2) is 0 Å². The first kappa shape index (κ1) is 14.9. The maximum atomic E-state index is 11.2. The Morgan fingerprint density at radius 1 is 1.15 bits per heavy atom. The first-order valence-corrected chi connectivity index (χ1v) is 7.33. The standard InChI is InChI=1S/C10H8BrNO.C6H6S/c1-6(13)9-5-12-10-3-2-7(11)4-8(9)10;7-6-4-2-1-3-5-6/h2-5,12H,1H3;1-5,7H. The van der Waals surface area contributed by atoms with Gasteiger partial charge < -0.3 is 4.98 Å². The van der Waals surface area contributed by atoms with Gasteiger partial charge in [0, 0.05) is 32.0 Å². The molecule has 0 fully saturated rings. The number of carbonyl (C=O) groups is 1. The van der Waals surface area contributed by atoms with Crippen LogP contribution in [0.25, 0.3) is 10.9 Å². The van der Waals surface area contributed by atoms with Crippen LogP contribution < -0.4 is 0 Å². The van der Waals surface area contributed by atoms with E-state index in [1.807, 2.05) is 48.5 Å². The topological polar surface area (TPSA) is 32.9 Å². The van der Waals surface area contributed by atoms with Gasteiger partial charge in [0.25, 0.3) is 0 Å². The maximum Gasteiger partial charge on any atom is 0.161 e. The number of benzene rings is 2. The van der Waals surface area contributed by atoms with Crippen LogP contribution in [0.2, 0.25) is 0 Å². The van der Waals surface area contributed by atoms with Crippen LogP contribution in [-0.2, 0) is 0 Å². The molecule has 0 aliphatic heterocycles. The molecule has 20 heavy (non-hydrogen) atoms. The van der Waals surface area contributed by atoms with Crippen molar-refractivity contribution < 1.29 is 4.79 Å². The van der Waals surface area contributed by atoms with Gasteiger partial charge in [0.2, 0.25) is 0 Å². The summed E-state index contributed by atoms with van der Waals surface area (Å²) in [5.74, 6) is 0.0874. The smallest absolute Gasteiger partial charge is 0.161 e. The van der Waals surface area contributed by atoms with Crippen LogP contribution in [0.4, 0.5) is 0 Å². The Kier molecular flexibility index (Phi) is 5.04. The molecule has 2 aromatic carbocycles. The molecule has 4 heteroatoms. The van der Waals surface area contributed by atoms with Crippen LogP contribution in [0.15, 0.2) is 64.1 Å². The Bertz CT molecular complexity index is 722. The predicted molar refractivity (Wildman–Crippen MR) is 89.7 cm³/mol. The lowest BCUT2D eigenvalue weighted by molar-refractivity contribution is 0.101. The van der Waals surface area contributed by atoms with Crippen LogP contribution in [0.1, 0.15) is 17.3 Å². The van der Waals surface area contributed by atoms with E-state index in [2.05, 4.69) is 33.5 Å². The molecule has 0 radical (unpaired) electrons. The van der Waals surface area contributed by atoms with Crippen LogP contribution in [0, 0.1) is 0 Å². The second-order valence-corrected chi connectivity index (χ2v) is 5.72. The van der Waals surface area contributed by atoms with Crippen LogP contribution in [0.5, 0.6) is 0 Å². The zero-order chi connectivity index (χ0) is 14.5. The van der Waals surface area contributed by atoms with Crippen LogP contribution >= 0.6 is 28.6 Å². The van der Waals surface area contributed by atoms with E-state index in [0.717, 1.165) is 25.8 Å². The maximum absolute atomic E-state index is 11.2. The number of rotatable bonds is 1. The number of nitrogens with one attached hydrogen (secondary N) is 1. The molecule has 0 amide bonds. The molecule has 0 aliphatic rings. The second-order valence-electron chi connectivity index (χ2n) is 4.28. The van der Waals surface area contributed by atoms with Gasteiger partial charge in [0.1, 0.15) is 0 Å². The lowest BCUT2D eigenvalue weighted by Crippen LogP contribution is -1.88. The average molecular weight is 348 g/mol. The van der Waals surface area contributed by atoms with Crippen molar-refractivity contribution in [2.75, 3.05) is 0 Å². The number of Topliss-reactive ketones (excluding diaryl/α,β-unsaturated/α-hetero) is 1. The highest BCUT2D eigenvalue weighted by Gasteiger charge is 2.07. The number of aromatic nitrogens is 1. The van der Waals surface area contributed by atoms with Gasteiger partial charge in [0.15, 0.2) is 5.78 Å². The fraction of sp³-hybridized carbons (Fsp3) is 0.0625. The molecular formula is C16H14BrNOS. The minimum Gasteiger partial charge on any atom is -0.360 e. The molecule has 0 spiro atoms. The van der Waals surface area contributed by atoms with E-state index >= 15 is 0 Å². The molecule has 1 heterocycles. The van der Waals surface area contributed by atoms with Crippen molar-refractivity contribution in [1.29, 1.82) is 0 Å². The Balaban J connectivity index is 0.000000178. The molecule has 0 atom stereocenters. The van der Waals surface area contributed by atoms with Crippen molar-refractivity contribution in [3.05, 3.63) is 64.8 Å². The number of ketones is 1. The Morgan fingerprint density at radius 2 is 1.85 bits per heavy atom. The Labute approximate surface area is 131 Å². The van der Waals surface area contributed by atoms with Gasteiger partial charge in [-0.1, -0.05) is 34.1 Å². The summed E-state index contributed by atoms with van der Waals surface area (Å²) in [4.78, 5) is 15.3. The summed E-state index contributed by atoms with van der Waals surface area (Å²) in [6, 6.07) is 15.6. The molecule has 0 saturated heterocycles. The monoisotopic (exact) mass is 347 g/mol. The van der Waals surface area contributed by atoms with E-state index in [4.69, 9.17) is 0 Å². The molecular weight excluding hydrogens is 334 g/mol. The van der Waals surface area contributed by atoms with Gasteiger partial charge in [-0.2, -0.15) is 0 Å². The third-order valence-electron chi connectivity index (χ3n) is 2.78.